The van der Waals surface area contributed by atoms with Gasteiger partial charge in [0.15, 0.2) is 35.9 Å². The van der Waals surface area contributed by atoms with Crippen molar-refractivity contribution in [2.75, 3.05) is 18.9 Å². The molecule has 0 aromatic carbocycles. The fourth-order valence-corrected chi connectivity index (χ4v) is 7.05. The minimum Gasteiger partial charge on any atom is -0.394 e. The Morgan fingerprint density at radius 1 is 1.13 bits per heavy atom. The second-order valence-electron chi connectivity index (χ2n) is 9.85. The van der Waals surface area contributed by atoms with E-state index in [1.807, 2.05) is 0 Å². The molecule has 24 heteroatoms. The predicted molar refractivity (Wildman–Crippen MR) is 142 cm³/mol. The van der Waals surface area contributed by atoms with Crippen LogP contribution in [-0.2, 0) is 32.0 Å². The molecule has 5 rings (SSSR count). The number of primary amides is 1. The first kappa shape index (κ1) is 33.2. The average Bonchev–Trinajstić information content (AvgIpc) is 3.60. The lowest BCUT2D eigenvalue weighted by molar-refractivity contribution is -0.765. The molecule has 1 amide bonds. The molecule has 2 aliphatic heterocycles. The molecule has 5 heterocycles. The third-order valence-electron chi connectivity index (χ3n) is 6.82. The summed E-state index contributed by atoms with van der Waals surface area (Å²) >= 11 is 0. The van der Waals surface area contributed by atoms with Gasteiger partial charge in [0.25, 0.3) is 17.7 Å². The summed E-state index contributed by atoms with van der Waals surface area (Å²) in [7, 11) is -11.0. The van der Waals surface area contributed by atoms with Crippen molar-refractivity contribution in [3.63, 3.8) is 0 Å². The summed E-state index contributed by atoms with van der Waals surface area (Å²) < 4.78 is 52.4. The maximum absolute atomic E-state index is 12.7. The maximum Gasteiger partial charge on any atom is 0.481 e. The number of imidazole rings is 1. The molecule has 3 aromatic rings. The molecule has 246 valence electrons. The highest BCUT2D eigenvalue weighted by Gasteiger charge is 2.53. The van der Waals surface area contributed by atoms with Gasteiger partial charge in [-0.05, 0) is 6.07 Å². The average molecular weight is 680 g/mol. The number of carbonyl (C=O) groups is 1. The summed E-state index contributed by atoms with van der Waals surface area (Å²) in [4.78, 5) is 53.9. The van der Waals surface area contributed by atoms with Crippen molar-refractivity contribution in [1.82, 2.24) is 19.5 Å². The third kappa shape index (κ3) is 6.83. The highest BCUT2D eigenvalue weighted by Crippen LogP contribution is 2.62. The van der Waals surface area contributed by atoms with Gasteiger partial charge in [-0.15, -0.1) is 0 Å². The van der Waals surface area contributed by atoms with Crippen LogP contribution in [0.25, 0.3) is 11.2 Å². The van der Waals surface area contributed by atoms with Crippen LogP contribution in [0.4, 0.5) is 5.95 Å². The van der Waals surface area contributed by atoms with E-state index in [0.29, 0.717) is 0 Å². The van der Waals surface area contributed by atoms with Crippen LogP contribution >= 0.6 is 15.6 Å². The fraction of sp³-hybridized carbons (Fsp3) is 0.476. The molecule has 0 radical (unpaired) electrons. The smallest absolute Gasteiger partial charge is 0.394 e. The summed E-state index contributed by atoms with van der Waals surface area (Å²) in [5, 5.41) is 41.4. The lowest BCUT2D eigenvalue weighted by Crippen LogP contribution is -2.46. The lowest BCUT2D eigenvalue weighted by atomic mass is 10.1. The number of anilines is 1. The number of aromatic nitrogens is 5. The quantitative estimate of drug-likeness (QED) is 0.0694. The largest absolute Gasteiger partial charge is 0.481 e. The van der Waals surface area contributed by atoms with E-state index in [0.717, 1.165) is 10.9 Å². The first-order chi connectivity index (χ1) is 21.1. The molecule has 2 fully saturated rings. The van der Waals surface area contributed by atoms with Crippen molar-refractivity contribution < 1.29 is 71.5 Å². The van der Waals surface area contributed by atoms with Gasteiger partial charge in [-0.1, -0.05) is 0 Å². The number of nitrogens with two attached hydrogens (primary N) is 2. The minimum absolute atomic E-state index is 0.0259. The number of amides is 1. The highest BCUT2D eigenvalue weighted by molar-refractivity contribution is 7.61. The molecule has 0 aliphatic carbocycles. The minimum atomic E-state index is -5.56. The molecular weight excluding hydrogens is 652 g/mol. The number of phosphoric acid groups is 2. The third-order valence-corrected chi connectivity index (χ3v) is 9.45. The van der Waals surface area contributed by atoms with Crippen LogP contribution in [0.5, 0.6) is 0 Å². The summed E-state index contributed by atoms with van der Waals surface area (Å²) in [5.41, 5.74) is 9.87. The van der Waals surface area contributed by atoms with E-state index in [9.17, 15) is 48.9 Å². The van der Waals surface area contributed by atoms with Crippen LogP contribution in [-0.4, -0.2) is 105 Å². The van der Waals surface area contributed by atoms with Crippen molar-refractivity contribution in [3.8, 4) is 0 Å². The van der Waals surface area contributed by atoms with Gasteiger partial charge >= 0.3 is 15.6 Å². The number of phosphoric ester groups is 2. The zero-order chi connectivity index (χ0) is 32.8. The molecular formula is C21H28N7O15P2+. The standard InChI is InChI=1S/C21H27N7O15P2/c22-16(33)8-2-1-3-27(4-8)19-14(32)15(9(5-29)40-19)42-45(37,38)43-44(35,36)39-6-10-12(30)13(31)20(41-10)28-7-24-11-17(28)25-21(23)26-18(11)34/h1-4,7,9-10,12-15,19-20,29-32H,5-6H2,(H6-,22,23,25,26,33,34,35,36,37,38)/p+1/t9-,10-,12-,13-,14-,15-,19-,20-/m1/s1. The van der Waals surface area contributed by atoms with Crippen LogP contribution < -0.4 is 21.6 Å². The van der Waals surface area contributed by atoms with Crippen molar-refractivity contribution in [1.29, 1.82) is 0 Å². The number of pyridine rings is 1. The molecule has 0 saturated carbocycles. The van der Waals surface area contributed by atoms with Gasteiger partial charge in [-0.3, -0.25) is 28.2 Å². The number of hydrogen-bond donors (Lipinski definition) is 9. The van der Waals surface area contributed by atoms with E-state index >= 15 is 0 Å². The number of rotatable bonds is 11. The normalized spacial score (nSPS) is 31.2. The Kier molecular flexibility index (Phi) is 9.23. The molecule has 3 aromatic heterocycles. The van der Waals surface area contributed by atoms with Crippen LogP contribution in [0.2, 0.25) is 0 Å². The molecule has 0 bridgehead atoms. The zero-order valence-corrected chi connectivity index (χ0v) is 24.4. The predicted octanol–water partition coefficient (Wildman–Crippen LogP) is -3.72. The lowest BCUT2D eigenvalue weighted by Gasteiger charge is -2.23. The summed E-state index contributed by atoms with van der Waals surface area (Å²) in [6, 6.07) is 2.77. The zero-order valence-electron chi connectivity index (χ0n) is 22.6. The van der Waals surface area contributed by atoms with E-state index in [-0.39, 0.29) is 22.7 Å². The SMILES string of the molecule is NC(=O)c1ccc[n+]([C@@H]2O[C@H](CO)[C@@H](OP(=O)(O)OP(=O)(O)OC[C@H]3O[C@@H](n4cnc5c(=O)[nH]c(N)nc54)[C@H](O)[C@@H]3O)[C@H]2O)c1. The number of nitrogens with one attached hydrogen (secondary N) is 1. The van der Waals surface area contributed by atoms with E-state index in [1.165, 1.54) is 29.1 Å². The number of fused-ring (bicyclic) bond motifs is 1. The maximum atomic E-state index is 12.7. The molecule has 22 nitrogen and oxygen atoms in total. The van der Waals surface area contributed by atoms with E-state index in [2.05, 4.69) is 19.3 Å². The van der Waals surface area contributed by atoms with E-state index in [4.69, 9.17) is 30.0 Å². The van der Waals surface area contributed by atoms with Crippen LogP contribution in [0.1, 0.15) is 22.8 Å². The second-order valence-corrected chi connectivity index (χ2v) is 12.8. The summed E-state index contributed by atoms with van der Waals surface area (Å²) in [5.74, 6) is -1.07. The Morgan fingerprint density at radius 3 is 2.56 bits per heavy atom. The molecule has 11 N–H and O–H groups in total. The fourth-order valence-electron chi connectivity index (χ4n) is 4.76. The number of ether oxygens (including phenoxy) is 2. The molecule has 45 heavy (non-hydrogen) atoms. The number of aliphatic hydroxyl groups excluding tert-OH is 4. The number of aliphatic hydroxyl groups is 4. The van der Waals surface area contributed by atoms with Crippen molar-refractivity contribution >= 4 is 38.7 Å². The first-order valence-corrected chi connectivity index (χ1v) is 15.8. The van der Waals surface area contributed by atoms with Gasteiger partial charge in [0.05, 0.1) is 19.5 Å². The first-order valence-electron chi connectivity index (χ1n) is 12.8. The number of carbonyl (C=O) groups excluding carboxylic acids is 1. The molecule has 2 saturated heterocycles. The monoisotopic (exact) mass is 680 g/mol. The Labute approximate surface area is 250 Å². The second kappa shape index (κ2) is 12.5. The Balaban J connectivity index is 1.23. The highest BCUT2D eigenvalue weighted by atomic mass is 31.3. The van der Waals surface area contributed by atoms with Gasteiger partial charge in [0, 0.05) is 6.07 Å². The summed E-state index contributed by atoms with van der Waals surface area (Å²) in [6.45, 7) is -1.82. The van der Waals surface area contributed by atoms with Gasteiger partial charge in [-0.25, -0.2) is 14.1 Å². The number of hydrogen-bond acceptors (Lipinski definition) is 16. The van der Waals surface area contributed by atoms with Crippen molar-refractivity contribution in [3.05, 3.63) is 46.8 Å². The number of nitrogens with zero attached hydrogens (tertiary/aromatic N) is 4. The van der Waals surface area contributed by atoms with Gasteiger partial charge in [0.2, 0.25) is 5.95 Å². The number of aromatic amines is 1. The Bertz CT molecular complexity index is 1740. The van der Waals surface area contributed by atoms with Crippen molar-refractivity contribution in [2.45, 2.75) is 49.1 Å². The van der Waals surface area contributed by atoms with Crippen LogP contribution in [0.3, 0.4) is 0 Å². The topological polar surface area (TPSA) is 338 Å². The number of nitrogen functional groups attached to an aromatic ring is 1. The summed E-state index contributed by atoms with van der Waals surface area (Å²) in [6.07, 6.45) is -9.12. The molecule has 0 spiro atoms. The Hall–Kier alpha value is -3.21. The molecule has 10 atom stereocenters. The molecule has 2 aliphatic rings. The van der Waals surface area contributed by atoms with Gasteiger partial charge < -0.3 is 51.2 Å². The van der Waals surface area contributed by atoms with Crippen LogP contribution in [0, 0.1) is 0 Å². The van der Waals surface area contributed by atoms with Gasteiger partial charge in [0.1, 0.15) is 36.1 Å². The van der Waals surface area contributed by atoms with E-state index in [1.54, 1.807) is 0 Å². The molecule has 2 unspecified atom stereocenters. The van der Waals surface area contributed by atoms with E-state index < -0.39 is 89.4 Å². The number of H-pyrrole nitrogens is 1. The van der Waals surface area contributed by atoms with Gasteiger partial charge in [-0.2, -0.15) is 13.9 Å². The Morgan fingerprint density at radius 2 is 1.87 bits per heavy atom. The van der Waals surface area contributed by atoms with Crippen molar-refractivity contribution in [2.24, 2.45) is 5.73 Å². The van der Waals surface area contributed by atoms with Crippen LogP contribution in [0.15, 0.2) is 35.6 Å².